The predicted molar refractivity (Wildman–Crippen MR) is 82.0 cm³/mol. The molecule has 0 aliphatic heterocycles. The van der Waals surface area contributed by atoms with Crippen LogP contribution in [0.4, 0.5) is 0 Å². The SMILES string of the molecule is CNC(C)(C)CNCC(C)(C)c1cccc(OC)c1. The number of ether oxygens (including phenoxy) is 1. The van der Waals surface area contributed by atoms with E-state index in [2.05, 4.69) is 50.5 Å². The van der Waals surface area contributed by atoms with Gasteiger partial charge >= 0.3 is 0 Å². The number of methoxy groups -OCH3 is 1. The molecule has 0 saturated carbocycles. The summed E-state index contributed by atoms with van der Waals surface area (Å²) in [5, 5.41) is 6.85. The quantitative estimate of drug-likeness (QED) is 0.794. The van der Waals surface area contributed by atoms with E-state index in [9.17, 15) is 0 Å². The molecule has 0 bridgehead atoms. The lowest BCUT2D eigenvalue weighted by atomic mass is 9.84. The van der Waals surface area contributed by atoms with E-state index < -0.39 is 0 Å². The third kappa shape index (κ3) is 4.84. The molecule has 0 heterocycles. The molecule has 3 nitrogen and oxygen atoms in total. The Morgan fingerprint density at radius 1 is 1.11 bits per heavy atom. The molecule has 3 heteroatoms. The Bertz CT molecular complexity index is 399. The van der Waals surface area contributed by atoms with Crippen molar-refractivity contribution in [2.24, 2.45) is 0 Å². The Kier molecular flexibility index (Phi) is 5.39. The van der Waals surface area contributed by atoms with Crippen LogP contribution in [0.15, 0.2) is 24.3 Å². The van der Waals surface area contributed by atoms with Crippen LogP contribution in [0.5, 0.6) is 5.75 Å². The van der Waals surface area contributed by atoms with Gasteiger partial charge in [-0.15, -0.1) is 0 Å². The number of benzene rings is 1. The van der Waals surface area contributed by atoms with E-state index >= 15 is 0 Å². The highest BCUT2D eigenvalue weighted by Crippen LogP contribution is 2.25. The van der Waals surface area contributed by atoms with Crippen LogP contribution in [-0.2, 0) is 5.41 Å². The molecule has 0 saturated heterocycles. The zero-order valence-electron chi connectivity index (χ0n) is 13.1. The summed E-state index contributed by atoms with van der Waals surface area (Å²) < 4.78 is 5.30. The lowest BCUT2D eigenvalue weighted by Gasteiger charge is -2.30. The monoisotopic (exact) mass is 264 g/mol. The summed E-state index contributed by atoms with van der Waals surface area (Å²) in [6, 6.07) is 8.31. The van der Waals surface area contributed by atoms with Crippen LogP contribution in [0.3, 0.4) is 0 Å². The highest BCUT2D eigenvalue weighted by atomic mass is 16.5. The van der Waals surface area contributed by atoms with Gasteiger partial charge in [0, 0.05) is 24.0 Å². The van der Waals surface area contributed by atoms with Crippen molar-refractivity contribution in [2.75, 3.05) is 27.2 Å². The fourth-order valence-electron chi connectivity index (χ4n) is 1.92. The molecule has 108 valence electrons. The molecule has 0 atom stereocenters. The van der Waals surface area contributed by atoms with Crippen LogP contribution in [-0.4, -0.2) is 32.8 Å². The Morgan fingerprint density at radius 3 is 2.37 bits per heavy atom. The van der Waals surface area contributed by atoms with Gasteiger partial charge in [-0.2, -0.15) is 0 Å². The van der Waals surface area contributed by atoms with Crippen molar-refractivity contribution in [1.29, 1.82) is 0 Å². The van der Waals surface area contributed by atoms with E-state index in [1.54, 1.807) is 7.11 Å². The van der Waals surface area contributed by atoms with Gasteiger partial charge in [-0.25, -0.2) is 0 Å². The van der Waals surface area contributed by atoms with Crippen LogP contribution in [0.2, 0.25) is 0 Å². The van der Waals surface area contributed by atoms with Crippen molar-refractivity contribution >= 4 is 0 Å². The fraction of sp³-hybridized carbons (Fsp3) is 0.625. The van der Waals surface area contributed by atoms with Crippen molar-refractivity contribution < 1.29 is 4.74 Å². The number of hydrogen-bond acceptors (Lipinski definition) is 3. The second kappa shape index (κ2) is 6.40. The number of likely N-dealkylation sites (N-methyl/N-ethyl adjacent to an activating group) is 1. The molecule has 2 N–H and O–H groups in total. The maximum Gasteiger partial charge on any atom is 0.119 e. The first-order valence-electron chi connectivity index (χ1n) is 6.85. The van der Waals surface area contributed by atoms with E-state index in [0.29, 0.717) is 0 Å². The van der Waals surface area contributed by atoms with Crippen molar-refractivity contribution in [3.8, 4) is 5.75 Å². The molecule has 0 amide bonds. The zero-order chi connectivity index (χ0) is 14.5. The molecule has 0 radical (unpaired) electrons. The average molecular weight is 264 g/mol. The highest BCUT2D eigenvalue weighted by molar-refractivity contribution is 5.33. The van der Waals surface area contributed by atoms with Crippen molar-refractivity contribution in [2.45, 2.75) is 38.6 Å². The first-order valence-corrected chi connectivity index (χ1v) is 6.85. The summed E-state index contributed by atoms with van der Waals surface area (Å²) in [6.07, 6.45) is 0. The minimum absolute atomic E-state index is 0.0817. The van der Waals surface area contributed by atoms with Gasteiger partial charge in [0.05, 0.1) is 7.11 Å². The molecule has 1 rings (SSSR count). The summed E-state index contributed by atoms with van der Waals surface area (Å²) >= 11 is 0. The Hall–Kier alpha value is -1.06. The van der Waals surface area contributed by atoms with Crippen molar-refractivity contribution in [1.82, 2.24) is 10.6 Å². The molecule has 0 unspecified atom stereocenters. The molecule has 19 heavy (non-hydrogen) atoms. The number of hydrogen-bond donors (Lipinski definition) is 2. The summed E-state index contributed by atoms with van der Waals surface area (Å²) in [5.74, 6) is 0.918. The van der Waals surface area contributed by atoms with Gasteiger partial charge in [0.2, 0.25) is 0 Å². The molecule has 1 aromatic rings. The van der Waals surface area contributed by atoms with Gasteiger partial charge in [0.25, 0.3) is 0 Å². The lowest BCUT2D eigenvalue weighted by Crippen LogP contribution is -2.48. The van der Waals surface area contributed by atoms with Crippen LogP contribution in [0, 0.1) is 0 Å². The molecule has 0 aliphatic carbocycles. The molecular weight excluding hydrogens is 236 g/mol. The van der Waals surface area contributed by atoms with Gasteiger partial charge in [0.15, 0.2) is 0 Å². The minimum atomic E-state index is 0.0817. The Balaban J connectivity index is 2.64. The Morgan fingerprint density at radius 2 is 1.79 bits per heavy atom. The van der Waals surface area contributed by atoms with Gasteiger partial charge in [-0.05, 0) is 38.6 Å². The van der Waals surface area contributed by atoms with E-state index in [4.69, 9.17) is 4.74 Å². The summed E-state index contributed by atoms with van der Waals surface area (Å²) in [7, 11) is 3.70. The molecule has 0 spiro atoms. The lowest BCUT2D eigenvalue weighted by molar-refractivity contribution is 0.366. The zero-order valence-corrected chi connectivity index (χ0v) is 13.1. The van der Waals surface area contributed by atoms with E-state index in [1.807, 2.05) is 19.2 Å². The average Bonchev–Trinajstić information content (AvgIpc) is 2.38. The topological polar surface area (TPSA) is 33.3 Å². The standard InChI is InChI=1S/C16H28N2O/c1-15(2,11-18-12-16(3,4)17-5)13-8-7-9-14(10-13)19-6/h7-10,17-18H,11-12H2,1-6H3. The van der Waals surface area contributed by atoms with E-state index in [-0.39, 0.29) is 11.0 Å². The summed E-state index contributed by atoms with van der Waals surface area (Å²) in [4.78, 5) is 0. The molecular formula is C16H28N2O. The smallest absolute Gasteiger partial charge is 0.119 e. The van der Waals surface area contributed by atoms with Crippen LogP contribution in [0.1, 0.15) is 33.3 Å². The second-order valence-corrected chi connectivity index (χ2v) is 6.35. The van der Waals surface area contributed by atoms with Gasteiger partial charge in [-0.1, -0.05) is 26.0 Å². The van der Waals surface area contributed by atoms with Crippen molar-refractivity contribution in [3.63, 3.8) is 0 Å². The van der Waals surface area contributed by atoms with Crippen LogP contribution >= 0.6 is 0 Å². The van der Waals surface area contributed by atoms with Gasteiger partial charge in [-0.3, -0.25) is 0 Å². The summed E-state index contributed by atoms with van der Waals surface area (Å²) in [6.45, 7) is 10.8. The highest BCUT2D eigenvalue weighted by Gasteiger charge is 2.22. The molecule has 0 fully saturated rings. The van der Waals surface area contributed by atoms with Gasteiger partial charge < -0.3 is 15.4 Å². The molecule has 0 aliphatic rings. The number of rotatable bonds is 7. The first-order chi connectivity index (χ1) is 8.80. The van der Waals surface area contributed by atoms with Gasteiger partial charge in [0.1, 0.15) is 5.75 Å². The van der Waals surface area contributed by atoms with Crippen LogP contribution in [0.25, 0.3) is 0 Å². The third-order valence-electron chi connectivity index (χ3n) is 3.66. The Labute approximate surface area is 117 Å². The van der Waals surface area contributed by atoms with E-state index in [1.165, 1.54) is 5.56 Å². The second-order valence-electron chi connectivity index (χ2n) is 6.35. The van der Waals surface area contributed by atoms with Crippen LogP contribution < -0.4 is 15.4 Å². The maximum atomic E-state index is 5.30. The number of nitrogens with one attached hydrogen (secondary N) is 2. The fourth-order valence-corrected chi connectivity index (χ4v) is 1.92. The minimum Gasteiger partial charge on any atom is -0.497 e. The summed E-state index contributed by atoms with van der Waals surface area (Å²) in [5.41, 5.74) is 1.49. The van der Waals surface area contributed by atoms with E-state index in [0.717, 1.165) is 18.8 Å². The first kappa shape index (κ1) is 16.0. The maximum absolute atomic E-state index is 5.30. The largest absolute Gasteiger partial charge is 0.497 e. The molecule has 0 aromatic heterocycles. The molecule has 1 aromatic carbocycles. The van der Waals surface area contributed by atoms with Crippen molar-refractivity contribution in [3.05, 3.63) is 29.8 Å². The predicted octanol–water partition coefficient (Wildman–Crippen LogP) is 2.56. The normalized spacial score (nSPS) is 12.5. The third-order valence-corrected chi connectivity index (χ3v) is 3.66.